The van der Waals surface area contributed by atoms with Crippen LogP contribution >= 0.6 is 0 Å². The first-order valence-corrected chi connectivity index (χ1v) is 5.41. The van der Waals surface area contributed by atoms with Crippen molar-refractivity contribution in [3.8, 4) is 11.4 Å². The summed E-state index contributed by atoms with van der Waals surface area (Å²) in [6.07, 6.45) is 0. The summed E-state index contributed by atoms with van der Waals surface area (Å²) in [5.41, 5.74) is 6.37. The van der Waals surface area contributed by atoms with E-state index >= 15 is 0 Å². The van der Waals surface area contributed by atoms with Crippen LogP contribution in [0.2, 0.25) is 0 Å². The highest BCUT2D eigenvalue weighted by Gasteiger charge is 2.14. The van der Waals surface area contributed by atoms with E-state index < -0.39 is 5.91 Å². The van der Waals surface area contributed by atoms with Gasteiger partial charge in [-0.1, -0.05) is 18.2 Å². The maximum absolute atomic E-state index is 11.3. The van der Waals surface area contributed by atoms with Crippen molar-refractivity contribution in [2.45, 2.75) is 6.61 Å². The lowest BCUT2D eigenvalue weighted by molar-refractivity contribution is 0.100. The first-order chi connectivity index (χ1) is 8.63. The molecule has 2 N–H and O–H groups in total. The molecule has 1 aromatic carbocycles. The Hall–Kier alpha value is -2.21. The Labute approximate surface area is 104 Å². The molecule has 0 fully saturated rings. The molecule has 6 heteroatoms. The second kappa shape index (κ2) is 4.97. The van der Waals surface area contributed by atoms with Crippen molar-refractivity contribution in [1.29, 1.82) is 0 Å². The van der Waals surface area contributed by atoms with Gasteiger partial charge in [0.05, 0.1) is 5.56 Å². The third-order valence-electron chi connectivity index (χ3n) is 2.56. The summed E-state index contributed by atoms with van der Waals surface area (Å²) in [6, 6.07) is 6.99. The smallest absolute Gasteiger partial charge is 0.249 e. The van der Waals surface area contributed by atoms with Gasteiger partial charge >= 0.3 is 0 Å². The Morgan fingerprint density at radius 2 is 2.17 bits per heavy atom. The van der Waals surface area contributed by atoms with Gasteiger partial charge in [-0.3, -0.25) is 9.48 Å². The molecule has 0 spiro atoms. The molecule has 18 heavy (non-hydrogen) atoms. The second-order valence-electron chi connectivity index (χ2n) is 3.82. The molecule has 0 saturated heterocycles. The van der Waals surface area contributed by atoms with Crippen LogP contribution in [0.4, 0.5) is 0 Å². The summed E-state index contributed by atoms with van der Waals surface area (Å²) >= 11 is 0. The number of hydrogen-bond acceptors (Lipinski definition) is 4. The third kappa shape index (κ3) is 2.23. The number of nitrogens with zero attached hydrogens (tertiary/aromatic N) is 3. The zero-order valence-electron chi connectivity index (χ0n) is 10.3. The van der Waals surface area contributed by atoms with Crippen LogP contribution in [0.1, 0.15) is 16.2 Å². The Kier molecular flexibility index (Phi) is 3.38. The van der Waals surface area contributed by atoms with Gasteiger partial charge < -0.3 is 10.5 Å². The molecular weight excluding hydrogens is 232 g/mol. The van der Waals surface area contributed by atoms with Crippen molar-refractivity contribution in [2.24, 2.45) is 12.8 Å². The molecule has 0 aliphatic carbocycles. The van der Waals surface area contributed by atoms with Gasteiger partial charge in [-0.05, 0) is 6.07 Å². The van der Waals surface area contributed by atoms with Crippen molar-refractivity contribution >= 4 is 5.91 Å². The summed E-state index contributed by atoms with van der Waals surface area (Å²) < 4.78 is 6.64. The number of carbonyl (C=O) groups is 1. The molecule has 0 aliphatic rings. The molecule has 6 nitrogen and oxygen atoms in total. The normalized spacial score (nSPS) is 10.6. The number of carbonyl (C=O) groups excluding carboxylic acids is 1. The van der Waals surface area contributed by atoms with Gasteiger partial charge in [-0.25, -0.2) is 4.98 Å². The SMILES string of the molecule is COCc1nc(-c2ccccc2C(N)=O)nn1C. The number of aryl methyl sites for hydroxylation is 1. The fourth-order valence-corrected chi connectivity index (χ4v) is 1.68. The highest BCUT2D eigenvalue weighted by molar-refractivity contribution is 5.98. The van der Waals surface area contributed by atoms with Crippen molar-refractivity contribution in [3.05, 3.63) is 35.7 Å². The summed E-state index contributed by atoms with van der Waals surface area (Å²) in [6.45, 7) is 0.363. The molecule has 1 aromatic heterocycles. The fraction of sp³-hybridized carbons (Fsp3) is 0.250. The topological polar surface area (TPSA) is 83.0 Å². The number of primary amides is 1. The summed E-state index contributed by atoms with van der Waals surface area (Å²) in [5, 5.41) is 4.26. The molecule has 2 rings (SSSR count). The van der Waals surface area contributed by atoms with Crippen LogP contribution in [0, 0.1) is 0 Å². The van der Waals surface area contributed by atoms with Crippen LogP contribution in [-0.4, -0.2) is 27.8 Å². The number of nitrogens with two attached hydrogens (primary N) is 1. The quantitative estimate of drug-likeness (QED) is 0.862. The van der Waals surface area contributed by atoms with Gasteiger partial charge in [0.25, 0.3) is 0 Å². The van der Waals surface area contributed by atoms with Crippen LogP contribution in [0.15, 0.2) is 24.3 Å². The van der Waals surface area contributed by atoms with Gasteiger partial charge in [-0.2, -0.15) is 5.10 Å². The van der Waals surface area contributed by atoms with Gasteiger partial charge in [0.1, 0.15) is 6.61 Å². The van der Waals surface area contributed by atoms with E-state index in [1.54, 1.807) is 37.0 Å². The van der Waals surface area contributed by atoms with E-state index in [0.717, 1.165) is 0 Å². The maximum atomic E-state index is 11.3. The zero-order valence-corrected chi connectivity index (χ0v) is 10.3. The minimum Gasteiger partial charge on any atom is -0.377 e. The predicted molar refractivity (Wildman–Crippen MR) is 65.7 cm³/mol. The van der Waals surface area contributed by atoms with Crippen molar-refractivity contribution in [2.75, 3.05) is 7.11 Å². The number of amides is 1. The van der Waals surface area contributed by atoms with E-state index in [9.17, 15) is 4.79 Å². The van der Waals surface area contributed by atoms with Crippen LogP contribution in [0.3, 0.4) is 0 Å². The molecule has 0 radical (unpaired) electrons. The monoisotopic (exact) mass is 246 g/mol. The standard InChI is InChI=1S/C12H14N4O2/c1-16-10(7-18-2)14-12(15-16)9-6-4-3-5-8(9)11(13)17/h3-6H,7H2,1-2H3,(H2,13,17). The summed E-state index contributed by atoms with van der Waals surface area (Å²) in [7, 11) is 3.36. The van der Waals surface area contributed by atoms with E-state index in [-0.39, 0.29) is 0 Å². The van der Waals surface area contributed by atoms with Crippen LogP contribution in [0.25, 0.3) is 11.4 Å². The van der Waals surface area contributed by atoms with Crippen LogP contribution in [-0.2, 0) is 18.4 Å². The molecule has 0 aliphatic heterocycles. The largest absolute Gasteiger partial charge is 0.377 e. The number of benzene rings is 1. The lowest BCUT2D eigenvalue weighted by Crippen LogP contribution is -2.12. The molecule has 0 atom stereocenters. The molecule has 2 aromatic rings. The molecule has 0 saturated carbocycles. The first kappa shape index (κ1) is 12.3. The fourth-order valence-electron chi connectivity index (χ4n) is 1.68. The lowest BCUT2D eigenvalue weighted by atomic mass is 10.1. The predicted octanol–water partition coefficient (Wildman–Crippen LogP) is 0.727. The molecular formula is C12H14N4O2. The van der Waals surface area contributed by atoms with E-state index in [1.165, 1.54) is 0 Å². The van der Waals surface area contributed by atoms with E-state index in [0.29, 0.717) is 29.4 Å². The number of hydrogen-bond donors (Lipinski definition) is 1. The molecule has 1 amide bonds. The van der Waals surface area contributed by atoms with E-state index in [4.69, 9.17) is 10.5 Å². The number of aromatic nitrogens is 3. The minimum atomic E-state index is -0.494. The Balaban J connectivity index is 2.49. The highest BCUT2D eigenvalue weighted by atomic mass is 16.5. The Morgan fingerprint density at radius 1 is 1.44 bits per heavy atom. The van der Waals surface area contributed by atoms with Gasteiger partial charge in [-0.15, -0.1) is 0 Å². The minimum absolute atomic E-state index is 0.363. The average Bonchev–Trinajstić information content (AvgIpc) is 2.71. The van der Waals surface area contributed by atoms with Crippen LogP contribution < -0.4 is 5.73 Å². The first-order valence-electron chi connectivity index (χ1n) is 5.41. The van der Waals surface area contributed by atoms with E-state index in [2.05, 4.69) is 10.1 Å². The van der Waals surface area contributed by atoms with Crippen molar-refractivity contribution < 1.29 is 9.53 Å². The van der Waals surface area contributed by atoms with Gasteiger partial charge in [0, 0.05) is 19.7 Å². The maximum Gasteiger partial charge on any atom is 0.249 e. The Bertz CT molecular complexity index is 577. The lowest BCUT2D eigenvalue weighted by Gasteiger charge is -2.01. The highest BCUT2D eigenvalue weighted by Crippen LogP contribution is 2.20. The number of methoxy groups -OCH3 is 1. The van der Waals surface area contributed by atoms with Crippen molar-refractivity contribution in [3.63, 3.8) is 0 Å². The Morgan fingerprint density at radius 3 is 2.83 bits per heavy atom. The van der Waals surface area contributed by atoms with Crippen molar-refractivity contribution in [1.82, 2.24) is 14.8 Å². The summed E-state index contributed by atoms with van der Waals surface area (Å²) in [4.78, 5) is 15.7. The average molecular weight is 246 g/mol. The second-order valence-corrected chi connectivity index (χ2v) is 3.82. The zero-order chi connectivity index (χ0) is 13.1. The molecule has 0 bridgehead atoms. The third-order valence-corrected chi connectivity index (χ3v) is 2.56. The van der Waals surface area contributed by atoms with Gasteiger partial charge in [0.15, 0.2) is 11.6 Å². The van der Waals surface area contributed by atoms with Crippen LogP contribution in [0.5, 0.6) is 0 Å². The molecule has 1 heterocycles. The summed E-state index contributed by atoms with van der Waals surface area (Å²) in [5.74, 6) is 0.664. The number of rotatable bonds is 4. The number of ether oxygens (including phenoxy) is 1. The van der Waals surface area contributed by atoms with E-state index in [1.807, 2.05) is 6.07 Å². The molecule has 0 unspecified atom stereocenters. The van der Waals surface area contributed by atoms with Gasteiger partial charge in [0.2, 0.25) is 5.91 Å². The molecule has 94 valence electrons.